The van der Waals surface area contributed by atoms with E-state index in [4.69, 9.17) is 0 Å². The molecule has 0 N–H and O–H groups in total. The first-order valence-electron chi connectivity index (χ1n) is 9.76. The van der Waals surface area contributed by atoms with Crippen LogP contribution in [0, 0.1) is 19.7 Å². The van der Waals surface area contributed by atoms with E-state index in [2.05, 4.69) is 46.2 Å². The second-order valence-electron chi connectivity index (χ2n) is 7.43. The first-order chi connectivity index (χ1) is 14.0. The molecular weight excluding hydrogens is 369 g/mol. The number of rotatable bonds is 4. The molecule has 1 amide bonds. The van der Waals surface area contributed by atoms with Crippen molar-refractivity contribution in [3.63, 3.8) is 0 Å². The van der Waals surface area contributed by atoms with Crippen LogP contribution in [0.3, 0.4) is 0 Å². The van der Waals surface area contributed by atoms with Crippen LogP contribution in [-0.4, -0.2) is 56.7 Å². The summed E-state index contributed by atoms with van der Waals surface area (Å²) in [5, 5.41) is 4.36. The van der Waals surface area contributed by atoms with E-state index in [1.54, 1.807) is 28.6 Å². The van der Waals surface area contributed by atoms with Gasteiger partial charge in [-0.05, 0) is 43.7 Å². The van der Waals surface area contributed by atoms with E-state index in [9.17, 15) is 9.18 Å². The van der Waals surface area contributed by atoms with E-state index in [0.717, 1.165) is 19.6 Å². The summed E-state index contributed by atoms with van der Waals surface area (Å²) in [5.74, 6) is 0.299. The molecule has 0 atom stereocenters. The van der Waals surface area contributed by atoms with Gasteiger partial charge in [0.25, 0.3) is 5.91 Å². The fourth-order valence-corrected chi connectivity index (χ4v) is 3.63. The molecular formula is C22H24FN5O. The molecule has 0 spiro atoms. The van der Waals surface area contributed by atoms with Gasteiger partial charge < -0.3 is 4.90 Å². The standard InChI is InChI=1S/C22H24FN5O/c1-16-4-3-5-18(14-16)15-26-10-12-27(13-11-26)22(29)21-24-17(2)28(25-21)20-8-6-19(23)7-9-20/h3-9,14H,10-13,15H2,1-2H3. The fraction of sp³-hybridized carbons (Fsp3) is 0.318. The van der Waals surface area contributed by atoms with Gasteiger partial charge in [-0.2, -0.15) is 0 Å². The summed E-state index contributed by atoms with van der Waals surface area (Å²) >= 11 is 0. The number of hydrogen-bond acceptors (Lipinski definition) is 4. The number of aryl methyl sites for hydroxylation is 2. The molecule has 1 saturated heterocycles. The highest BCUT2D eigenvalue weighted by molar-refractivity contribution is 5.90. The normalized spacial score (nSPS) is 14.9. The van der Waals surface area contributed by atoms with Crippen molar-refractivity contribution >= 4 is 5.91 Å². The fourth-order valence-electron chi connectivity index (χ4n) is 3.63. The van der Waals surface area contributed by atoms with Crippen LogP contribution in [0.1, 0.15) is 27.6 Å². The summed E-state index contributed by atoms with van der Waals surface area (Å²) in [6, 6.07) is 14.5. The molecule has 3 aromatic rings. The van der Waals surface area contributed by atoms with Crippen molar-refractivity contribution in [3.8, 4) is 5.69 Å². The van der Waals surface area contributed by atoms with Crippen LogP contribution in [0.4, 0.5) is 4.39 Å². The van der Waals surface area contributed by atoms with Crippen molar-refractivity contribution < 1.29 is 9.18 Å². The Balaban J connectivity index is 1.39. The van der Waals surface area contributed by atoms with Crippen molar-refractivity contribution in [1.82, 2.24) is 24.6 Å². The van der Waals surface area contributed by atoms with Crippen LogP contribution in [0.2, 0.25) is 0 Å². The molecule has 2 heterocycles. The molecule has 0 radical (unpaired) electrons. The predicted octanol–water partition coefficient (Wildman–Crippen LogP) is 2.98. The number of halogens is 1. The lowest BCUT2D eigenvalue weighted by Gasteiger charge is -2.34. The molecule has 1 aliphatic rings. The van der Waals surface area contributed by atoms with Gasteiger partial charge in [0.15, 0.2) is 0 Å². The summed E-state index contributed by atoms with van der Waals surface area (Å²) in [6.07, 6.45) is 0. The maximum absolute atomic E-state index is 13.2. The zero-order valence-corrected chi connectivity index (χ0v) is 16.7. The second kappa shape index (κ2) is 8.13. The maximum atomic E-state index is 13.2. The average molecular weight is 393 g/mol. The molecule has 1 fully saturated rings. The minimum absolute atomic E-state index is 0.163. The summed E-state index contributed by atoms with van der Waals surface area (Å²) < 4.78 is 14.7. The first-order valence-corrected chi connectivity index (χ1v) is 9.76. The minimum atomic E-state index is -0.314. The van der Waals surface area contributed by atoms with Gasteiger partial charge in [-0.1, -0.05) is 29.8 Å². The van der Waals surface area contributed by atoms with Gasteiger partial charge in [0.2, 0.25) is 5.82 Å². The van der Waals surface area contributed by atoms with Crippen molar-refractivity contribution in [2.24, 2.45) is 0 Å². The smallest absolute Gasteiger partial charge is 0.293 e. The lowest BCUT2D eigenvalue weighted by Crippen LogP contribution is -2.48. The van der Waals surface area contributed by atoms with Crippen LogP contribution < -0.4 is 0 Å². The van der Waals surface area contributed by atoms with Gasteiger partial charge in [-0.25, -0.2) is 14.1 Å². The van der Waals surface area contributed by atoms with Gasteiger partial charge >= 0.3 is 0 Å². The Morgan fingerprint density at radius 3 is 2.45 bits per heavy atom. The van der Waals surface area contributed by atoms with Crippen molar-refractivity contribution in [3.05, 3.63) is 77.1 Å². The molecule has 4 rings (SSSR count). The SMILES string of the molecule is Cc1cccc(CN2CCN(C(=O)c3nc(C)n(-c4ccc(F)cc4)n3)CC2)c1. The second-order valence-corrected chi connectivity index (χ2v) is 7.43. The summed E-state index contributed by atoms with van der Waals surface area (Å²) in [5.41, 5.74) is 3.23. The average Bonchev–Trinajstić information content (AvgIpc) is 3.10. The molecule has 0 unspecified atom stereocenters. The van der Waals surface area contributed by atoms with Gasteiger partial charge in [0.1, 0.15) is 11.6 Å². The Hall–Kier alpha value is -3.06. The number of carbonyl (C=O) groups excluding carboxylic acids is 1. The van der Waals surface area contributed by atoms with E-state index < -0.39 is 0 Å². The molecule has 0 aliphatic carbocycles. The predicted molar refractivity (Wildman–Crippen MR) is 108 cm³/mol. The third kappa shape index (κ3) is 4.35. The first kappa shape index (κ1) is 19.3. The van der Waals surface area contributed by atoms with Gasteiger partial charge in [0.05, 0.1) is 5.69 Å². The van der Waals surface area contributed by atoms with Crippen molar-refractivity contribution in [1.29, 1.82) is 0 Å². The Bertz CT molecular complexity index is 1010. The highest BCUT2D eigenvalue weighted by Gasteiger charge is 2.25. The van der Waals surface area contributed by atoms with E-state index in [0.29, 0.717) is 24.6 Å². The molecule has 0 saturated carbocycles. The van der Waals surface area contributed by atoms with Gasteiger partial charge in [-0.3, -0.25) is 9.69 Å². The number of nitrogens with zero attached hydrogens (tertiary/aromatic N) is 5. The van der Waals surface area contributed by atoms with Crippen LogP contribution in [-0.2, 0) is 6.54 Å². The number of hydrogen-bond donors (Lipinski definition) is 0. The monoisotopic (exact) mass is 393 g/mol. The van der Waals surface area contributed by atoms with Crippen LogP contribution >= 0.6 is 0 Å². The van der Waals surface area contributed by atoms with Crippen molar-refractivity contribution in [2.45, 2.75) is 20.4 Å². The quantitative estimate of drug-likeness (QED) is 0.684. The number of aromatic nitrogens is 3. The highest BCUT2D eigenvalue weighted by atomic mass is 19.1. The van der Waals surface area contributed by atoms with Crippen molar-refractivity contribution in [2.75, 3.05) is 26.2 Å². The molecule has 1 aliphatic heterocycles. The third-order valence-corrected chi connectivity index (χ3v) is 5.18. The van der Waals surface area contributed by atoms with E-state index in [1.807, 2.05) is 0 Å². The van der Waals surface area contributed by atoms with Gasteiger partial charge in [0, 0.05) is 32.7 Å². The molecule has 150 valence electrons. The number of piperazine rings is 1. The van der Waals surface area contributed by atoms with Crippen LogP contribution in [0.15, 0.2) is 48.5 Å². The largest absolute Gasteiger partial charge is 0.333 e. The lowest BCUT2D eigenvalue weighted by atomic mass is 10.1. The minimum Gasteiger partial charge on any atom is -0.333 e. The number of amides is 1. The molecule has 2 aromatic carbocycles. The van der Waals surface area contributed by atoms with E-state index >= 15 is 0 Å². The van der Waals surface area contributed by atoms with Crippen LogP contribution in [0.5, 0.6) is 0 Å². The summed E-state index contributed by atoms with van der Waals surface area (Å²) in [7, 11) is 0. The number of carbonyl (C=O) groups is 1. The lowest BCUT2D eigenvalue weighted by molar-refractivity contribution is 0.0616. The molecule has 1 aromatic heterocycles. The Labute approximate surface area is 169 Å². The Morgan fingerprint density at radius 2 is 1.76 bits per heavy atom. The zero-order valence-electron chi connectivity index (χ0n) is 16.7. The molecule has 29 heavy (non-hydrogen) atoms. The molecule has 7 heteroatoms. The summed E-state index contributed by atoms with van der Waals surface area (Å²) in [4.78, 5) is 21.4. The number of benzene rings is 2. The van der Waals surface area contributed by atoms with Gasteiger partial charge in [-0.15, -0.1) is 5.10 Å². The molecule has 0 bridgehead atoms. The summed E-state index contributed by atoms with van der Waals surface area (Å²) in [6.45, 7) is 7.70. The maximum Gasteiger partial charge on any atom is 0.293 e. The third-order valence-electron chi connectivity index (χ3n) is 5.18. The highest BCUT2D eigenvalue weighted by Crippen LogP contribution is 2.14. The zero-order chi connectivity index (χ0) is 20.4. The van der Waals surface area contributed by atoms with Crippen LogP contribution in [0.25, 0.3) is 5.69 Å². The Morgan fingerprint density at radius 1 is 1.03 bits per heavy atom. The van der Waals surface area contributed by atoms with E-state index in [-0.39, 0.29) is 17.5 Å². The molecule has 6 nitrogen and oxygen atoms in total. The topological polar surface area (TPSA) is 54.3 Å². The van der Waals surface area contributed by atoms with E-state index in [1.165, 1.54) is 23.3 Å². The Kier molecular flexibility index (Phi) is 5.40.